The molecule has 0 saturated carbocycles. The van der Waals surface area contributed by atoms with Crippen LogP contribution in [0.25, 0.3) is 0 Å². The second-order valence-corrected chi connectivity index (χ2v) is 4.50. The van der Waals surface area contributed by atoms with E-state index in [4.69, 9.17) is 0 Å². The van der Waals surface area contributed by atoms with E-state index in [9.17, 15) is 0 Å². The van der Waals surface area contributed by atoms with E-state index >= 15 is 0 Å². The summed E-state index contributed by atoms with van der Waals surface area (Å²) in [6.45, 7) is 11.9. The van der Waals surface area contributed by atoms with Crippen molar-refractivity contribution in [2.24, 2.45) is 5.92 Å². The van der Waals surface area contributed by atoms with Gasteiger partial charge in [0.25, 0.3) is 0 Å². The molecule has 1 heterocycles. The summed E-state index contributed by atoms with van der Waals surface area (Å²) in [5.74, 6) is 0.908. The highest BCUT2D eigenvalue weighted by molar-refractivity contribution is 4.78. The second kappa shape index (κ2) is 6.41. The van der Waals surface area contributed by atoms with Gasteiger partial charge in [-0.05, 0) is 12.3 Å². The van der Waals surface area contributed by atoms with Gasteiger partial charge in [0.1, 0.15) is 0 Å². The van der Waals surface area contributed by atoms with Crippen LogP contribution < -0.4 is 5.32 Å². The van der Waals surface area contributed by atoms with Crippen LogP contribution in [0.4, 0.5) is 0 Å². The van der Waals surface area contributed by atoms with Crippen LogP contribution in [-0.4, -0.2) is 37.1 Å². The van der Waals surface area contributed by atoms with Gasteiger partial charge in [-0.2, -0.15) is 0 Å². The lowest BCUT2D eigenvalue weighted by molar-refractivity contribution is 0.167. The zero-order chi connectivity index (χ0) is 10.4. The van der Waals surface area contributed by atoms with Gasteiger partial charge in [0.15, 0.2) is 0 Å². The van der Waals surface area contributed by atoms with Crippen LogP contribution in [0.2, 0.25) is 0 Å². The quantitative estimate of drug-likeness (QED) is 0.728. The van der Waals surface area contributed by atoms with Crippen LogP contribution in [0.15, 0.2) is 0 Å². The van der Waals surface area contributed by atoms with Gasteiger partial charge in [-0.3, -0.25) is 0 Å². The number of hydrogen-bond acceptors (Lipinski definition) is 2. The molecule has 84 valence electrons. The summed E-state index contributed by atoms with van der Waals surface area (Å²) in [5, 5.41) is 3.57. The third-order valence-electron chi connectivity index (χ3n) is 3.50. The molecule has 1 aliphatic heterocycles. The first-order valence-electron chi connectivity index (χ1n) is 6.25. The van der Waals surface area contributed by atoms with Gasteiger partial charge < -0.3 is 10.2 Å². The topological polar surface area (TPSA) is 15.3 Å². The molecule has 1 saturated heterocycles. The summed E-state index contributed by atoms with van der Waals surface area (Å²) in [7, 11) is 0. The number of nitrogens with one attached hydrogen (secondary N) is 1. The molecule has 0 aliphatic carbocycles. The Morgan fingerprint density at radius 3 is 2.57 bits per heavy atom. The largest absolute Gasteiger partial charge is 0.311 e. The van der Waals surface area contributed by atoms with E-state index in [-0.39, 0.29) is 0 Å². The minimum atomic E-state index is 0.734. The molecule has 0 bridgehead atoms. The van der Waals surface area contributed by atoms with E-state index in [1.54, 1.807) is 0 Å². The first-order valence-corrected chi connectivity index (χ1v) is 6.25. The standard InChI is InChI=1S/C12H26N2/c1-4-11(5-2)9-14-8-7-13-12(6-3)10-14/h11-13H,4-10H2,1-3H3. The van der Waals surface area contributed by atoms with E-state index in [2.05, 4.69) is 31.0 Å². The lowest BCUT2D eigenvalue weighted by atomic mass is 10.0. The van der Waals surface area contributed by atoms with E-state index in [0.717, 1.165) is 12.0 Å². The Labute approximate surface area is 89.1 Å². The van der Waals surface area contributed by atoms with Crippen LogP contribution >= 0.6 is 0 Å². The smallest absolute Gasteiger partial charge is 0.0192 e. The van der Waals surface area contributed by atoms with Crippen molar-refractivity contribution >= 4 is 0 Å². The lowest BCUT2D eigenvalue weighted by Crippen LogP contribution is -2.51. The van der Waals surface area contributed by atoms with Crippen molar-refractivity contribution in [3.8, 4) is 0 Å². The van der Waals surface area contributed by atoms with Gasteiger partial charge in [0.05, 0.1) is 0 Å². The predicted octanol–water partition coefficient (Wildman–Crippen LogP) is 2.11. The van der Waals surface area contributed by atoms with Crippen molar-refractivity contribution in [3.63, 3.8) is 0 Å². The highest BCUT2D eigenvalue weighted by Crippen LogP contribution is 2.12. The van der Waals surface area contributed by atoms with Crippen LogP contribution in [-0.2, 0) is 0 Å². The van der Waals surface area contributed by atoms with Crippen molar-refractivity contribution in [3.05, 3.63) is 0 Å². The maximum Gasteiger partial charge on any atom is 0.0192 e. The molecule has 1 aliphatic rings. The third kappa shape index (κ3) is 3.58. The maximum absolute atomic E-state index is 3.57. The molecule has 0 aromatic carbocycles. The molecule has 2 heteroatoms. The van der Waals surface area contributed by atoms with E-state index in [0.29, 0.717) is 0 Å². The molecule has 1 N–H and O–H groups in total. The van der Waals surface area contributed by atoms with Crippen molar-refractivity contribution in [2.75, 3.05) is 26.2 Å². The molecule has 0 amide bonds. The average molecular weight is 198 g/mol. The third-order valence-corrected chi connectivity index (χ3v) is 3.50. The Morgan fingerprint density at radius 2 is 2.00 bits per heavy atom. The number of nitrogens with zero attached hydrogens (tertiary/aromatic N) is 1. The number of piperazine rings is 1. The zero-order valence-electron chi connectivity index (χ0n) is 10.1. The predicted molar refractivity (Wildman–Crippen MR) is 62.6 cm³/mol. The molecule has 1 atom stereocenters. The van der Waals surface area contributed by atoms with Crippen LogP contribution in [0.5, 0.6) is 0 Å². The first kappa shape index (κ1) is 12.0. The van der Waals surface area contributed by atoms with Crippen LogP contribution in [0.3, 0.4) is 0 Å². The molecule has 0 spiro atoms. The minimum Gasteiger partial charge on any atom is -0.311 e. The summed E-state index contributed by atoms with van der Waals surface area (Å²) < 4.78 is 0. The summed E-state index contributed by atoms with van der Waals surface area (Å²) in [5.41, 5.74) is 0. The fourth-order valence-corrected chi connectivity index (χ4v) is 2.25. The number of hydrogen-bond donors (Lipinski definition) is 1. The molecule has 0 aromatic rings. The first-order chi connectivity index (χ1) is 6.80. The highest BCUT2D eigenvalue weighted by atomic mass is 15.2. The molecule has 1 unspecified atom stereocenters. The Kier molecular flexibility index (Phi) is 5.49. The van der Waals surface area contributed by atoms with Crippen molar-refractivity contribution in [2.45, 2.75) is 46.1 Å². The van der Waals surface area contributed by atoms with Gasteiger partial charge in [-0.1, -0.05) is 33.6 Å². The van der Waals surface area contributed by atoms with Crippen molar-refractivity contribution in [1.29, 1.82) is 0 Å². The molecule has 1 fully saturated rings. The molecular weight excluding hydrogens is 172 g/mol. The van der Waals surface area contributed by atoms with Gasteiger partial charge in [-0.15, -0.1) is 0 Å². The van der Waals surface area contributed by atoms with Gasteiger partial charge in [0, 0.05) is 32.2 Å². The maximum atomic E-state index is 3.57. The molecule has 2 nitrogen and oxygen atoms in total. The van der Waals surface area contributed by atoms with E-state index in [1.807, 2.05) is 0 Å². The molecule has 0 radical (unpaired) electrons. The second-order valence-electron chi connectivity index (χ2n) is 4.50. The fraction of sp³-hybridized carbons (Fsp3) is 1.00. The Hall–Kier alpha value is -0.0800. The normalized spacial score (nSPS) is 24.4. The minimum absolute atomic E-state index is 0.734. The van der Waals surface area contributed by atoms with Crippen LogP contribution in [0.1, 0.15) is 40.0 Å². The molecular formula is C12H26N2. The van der Waals surface area contributed by atoms with E-state index < -0.39 is 0 Å². The van der Waals surface area contributed by atoms with E-state index in [1.165, 1.54) is 45.4 Å². The summed E-state index contributed by atoms with van der Waals surface area (Å²) >= 11 is 0. The monoisotopic (exact) mass is 198 g/mol. The van der Waals surface area contributed by atoms with Gasteiger partial charge in [-0.25, -0.2) is 0 Å². The Morgan fingerprint density at radius 1 is 1.29 bits per heavy atom. The SMILES string of the molecule is CCC(CC)CN1CCNC(CC)C1. The molecule has 14 heavy (non-hydrogen) atoms. The van der Waals surface area contributed by atoms with Crippen molar-refractivity contribution in [1.82, 2.24) is 10.2 Å². The highest BCUT2D eigenvalue weighted by Gasteiger charge is 2.19. The summed E-state index contributed by atoms with van der Waals surface area (Å²) in [6.07, 6.45) is 3.92. The lowest BCUT2D eigenvalue weighted by Gasteiger charge is -2.35. The van der Waals surface area contributed by atoms with Crippen molar-refractivity contribution < 1.29 is 0 Å². The van der Waals surface area contributed by atoms with Gasteiger partial charge in [0.2, 0.25) is 0 Å². The Balaban J connectivity index is 2.29. The average Bonchev–Trinajstić information content (AvgIpc) is 2.26. The van der Waals surface area contributed by atoms with Gasteiger partial charge >= 0.3 is 0 Å². The fourth-order valence-electron chi connectivity index (χ4n) is 2.25. The molecule has 1 rings (SSSR count). The number of rotatable bonds is 5. The summed E-state index contributed by atoms with van der Waals surface area (Å²) in [6, 6.07) is 0.734. The molecule has 0 aromatic heterocycles. The Bertz CT molecular complexity index is 143. The summed E-state index contributed by atoms with van der Waals surface area (Å²) in [4.78, 5) is 2.64. The zero-order valence-corrected chi connectivity index (χ0v) is 10.1. The van der Waals surface area contributed by atoms with Crippen LogP contribution in [0, 0.1) is 5.92 Å².